The van der Waals surface area contributed by atoms with E-state index in [1.165, 1.54) is 6.20 Å². The molecule has 19 heavy (non-hydrogen) atoms. The molecule has 1 aliphatic rings. The standard InChI is InChI=1S/C11H20N4O2S.ClH/c1-8-11(7-13-15-8)18(16,17)14-6-9-3-2-4-10(12)5-9;/h7,9-10,14H,2-6,12H2,1H3,(H,13,15);1H. The van der Waals surface area contributed by atoms with Crippen LogP contribution in [0.15, 0.2) is 11.1 Å². The van der Waals surface area contributed by atoms with Crippen molar-refractivity contribution in [3.63, 3.8) is 0 Å². The van der Waals surface area contributed by atoms with Gasteiger partial charge in [-0.15, -0.1) is 12.4 Å². The van der Waals surface area contributed by atoms with Gasteiger partial charge in [-0.25, -0.2) is 13.1 Å². The van der Waals surface area contributed by atoms with Crippen LogP contribution in [-0.4, -0.2) is 31.2 Å². The first-order valence-electron chi connectivity index (χ1n) is 6.24. The largest absolute Gasteiger partial charge is 0.328 e. The maximum atomic E-state index is 12.0. The monoisotopic (exact) mass is 308 g/mol. The van der Waals surface area contributed by atoms with Crippen LogP contribution >= 0.6 is 12.4 Å². The number of rotatable bonds is 4. The lowest BCUT2D eigenvalue weighted by molar-refractivity contribution is 0.322. The van der Waals surface area contributed by atoms with E-state index in [1.54, 1.807) is 6.92 Å². The zero-order chi connectivity index (χ0) is 13.2. The highest BCUT2D eigenvalue weighted by molar-refractivity contribution is 7.89. The van der Waals surface area contributed by atoms with E-state index in [9.17, 15) is 8.42 Å². The van der Waals surface area contributed by atoms with Crippen LogP contribution in [0.2, 0.25) is 0 Å². The van der Waals surface area contributed by atoms with E-state index >= 15 is 0 Å². The first kappa shape index (κ1) is 16.4. The number of H-pyrrole nitrogens is 1. The molecule has 0 radical (unpaired) electrons. The summed E-state index contributed by atoms with van der Waals surface area (Å²) in [6, 6.07) is 0.212. The quantitative estimate of drug-likeness (QED) is 0.770. The molecular weight excluding hydrogens is 288 g/mol. The Hall–Kier alpha value is -0.630. The SMILES string of the molecule is Cc1[nH]ncc1S(=O)(=O)NCC1CCCC(N)C1.Cl. The maximum absolute atomic E-state index is 12.0. The molecule has 1 aromatic heterocycles. The van der Waals surface area contributed by atoms with Gasteiger partial charge < -0.3 is 5.73 Å². The molecule has 1 heterocycles. The predicted molar refractivity (Wildman–Crippen MR) is 75.7 cm³/mol. The highest BCUT2D eigenvalue weighted by Gasteiger charge is 2.23. The molecule has 6 nitrogen and oxygen atoms in total. The number of hydrogen-bond acceptors (Lipinski definition) is 4. The maximum Gasteiger partial charge on any atom is 0.243 e. The average molecular weight is 309 g/mol. The summed E-state index contributed by atoms with van der Waals surface area (Å²) in [4.78, 5) is 0.225. The summed E-state index contributed by atoms with van der Waals surface area (Å²) in [5.41, 5.74) is 6.45. The molecule has 0 saturated heterocycles. The van der Waals surface area contributed by atoms with Gasteiger partial charge in [0, 0.05) is 12.6 Å². The Balaban J connectivity index is 0.00000180. The molecule has 0 spiro atoms. The van der Waals surface area contributed by atoms with Crippen LogP contribution in [0.3, 0.4) is 0 Å². The van der Waals surface area contributed by atoms with Crippen molar-refractivity contribution in [2.75, 3.05) is 6.54 Å². The van der Waals surface area contributed by atoms with Gasteiger partial charge >= 0.3 is 0 Å². The molecular formula is C11H21ClN4O2S. The third-order valence-electron chi connectivity index (χ3n) is 3.46. The molecule has 1 aliphatic carbocycles. The minimum Gasteiger partial charge on any atom is -0.328 e. The molecule has 0 bridgehead atoms. The number of sulfonamides is 1. The molecule has 0 aliphatic heterocycles. The first-order chi connectivity index (χ1) is 8.49. The van der Waals surface area contributed by atoms with Gasteiger partial charge in [-0.05, 0) is 32.1 Å². The molecule has 2 atom stereocenters. The van der Waals surface area contributed by atoms with E-state index in [0.717, 1.165) is 25.7 Å². The van der Waals surface area contributed by atoms with Crippen molar-refractivity contribution in [1.29, 1.82) is 0 Å². The zero-order valence-corrected chi connectivity index (χ0v) is 12.6. The summed E-state index contributed by atoms with van der Waals surface area (Å²) < 4.78 is 26.7. The Morgan fingerprint density at radius 3 is 2.84 bits per heavy atom. The van der Waals surface area contributed by atoms with Crippen LogP contribution in [0.5, 0.6) is 0 Å². The topological polar surface area (TPSA) is 101 Å². The van der Waals surface area contributed by atoms with Crippen molar-refractivity contribution in [3.8, 4) is 0 Å². The van der Waals surface area contributed by atoms with E-state index in [2.05, 4.69) is 14.9 Å². The molecule has 4 N–H and O–H groups in total. The minimum atomic E-state index is -3.45. The Morgan fingerprint density at radius 2 is 2.26 bits per heavy atom. The van der Waals surface area contributed by atoms with Crippen molar-refractivity contribution >= 4 is 22.4 Å². The third kappa shape index (κ3) is 4.17. The molecule has 0 aromatic carbocycles. The van der Waals surface area contributed by atoms with Crippen LogP contribution in [0.1, 0.15) is 31.4 Å². The van der Waals surface area contributed by atoms with E-state index in [-0.39, 0.29) is 23.3 Å². The number of nitrogens with zero attached hydrogens (tertiary/aromatic N) is 1. The van der Waals surface area contributed by atoms with Gasteiger partial charge in [0.2, 0.25) is 10.0 Å². The summed E-state index contributed by atoms with van der Waals surface area (Å²) in [5, 5.41) is 6.36. The highest BCUT2D eigenvalue weighted by Crippen LogP contribution is 2.23. The number of aryl methyl sites for hydroxylation is 1. The fraction of sp³-hybridized carbons (Fsp3) is 0.727. The van der Waals surface area contributed by atoms with Crippen molar-refractivity contribution in [1.82, 2.24) is 14.9 Å². The van der Waals surface area contributed by atoms with Crippen LogP contribution in [-0.2, 0) is 10.0 Å². The van der Waals surface area contributed by atoms with Crippen LogP contribution in [0, 0.1) is 12.8 Å². The molecule has 2 unspecified atom stereocenters. The van der Waals surface area contributed by atoms with Gasteiger partial charge in [-0.1, -0.05) is 6.42 Å². The molecule has 1 fully saturated rings. The third-order valence-corrected chi connectivity index (χ3v) is 5.00. The molecule has 1 aromatic rings. The number of nitrogens with two attached hydrogens (primary N) is 1. The summed E-state index contributed by atoms with van der Waals surface area (Å²) in [7, 11) is -3.45. The van der Waals surface area contributed by atoms with E-state index in [1.807, 2.05) is 0 Å². The van der Waals surface area contributed by atoms with Gasteiger partial charge in [0.1, 0.15) is 4.90 Å². The van der Waals surface area contributed by atoms with E-state index in [4.69, 9.17) is 5.73 Å². The highest BCUT2D eigenvalue weighted by atomic mass is 35.5. The smallest absolute Gasteiger partial charge is 0.243 e. The second-order valence-electron chi connectivity index (χ2n) is 5.00. The van der Waals surface area contributed by atoms with Gasteiger partial charge in [-0.2, -0.15) is 5.10 Å². The summed E-state index contributed by atoms with van der Waals surface area (Å²) in [5.74, 6) is 0.343. The predicted octanol–water partition coefficient (Wildman–Crippen LogP) is 0.936. The number of aromatic nitrogens is 2. The lowest BCUT2D eigenvalue weighted by Crippen LogP contribution is -2.35. The second-order valence-corrected chi connectivity index (χ2v) is 6.74. The number of nitrogens with one attached hydrogen (secondary N) is 2. The summed E-state index contributed by atoms with van der Waals surface area (Å²) in [6.45, 7) is 2.15. The Kier molecular flexibility index (Phi) is 5.79. The normalized spacial score (nSPS) is 23.9. The molecule has 0 amide bonds. The Labute approximate surface area is 120 Å². The number of aromatic amines is 1. The fourth-order valence-corrected chi connectivity index (χ4v) is 3.68. The molecule has 2 rings (SSSR count). The van der Waals surface area contributed by atoms with Crippen LogP contribution in [0.25, 0.3) is 0 Å². The minimum absolute atomic E-state index is 0. The molecule has 1 saturated carbocycles. The fourth-order valence-electron chi connectivity index (χ4n) is 2.43. The Bertz CT molecular complexity index is 503. The van der Waals surface area contributed by atoms with Gasteiger partial charge in [-0.3, -0.25) is 5.10 Å². The van der Waals surface area contributed by atoms with Crippen molar-refractivity contribution in [2.45, 2.75) is 43.5 Å². The summed E-state index contributed by atoms with van der Waals surface area (Å²) in [6.07, 6.45) is 5.40. The second kappa shape index (κ2) is 6.69. The average Bonchev–Trinajstić information content (AvgIpc) is 2.74. The van der Waals surface area contributed by atoms with E-state index < -0.39 is 10.0 Å². The zero-order valence-electron chi connectivity index (χ0n) is 10.9. The molecule has 110 valence electrons. The van der Waals surface area contributed by atoms with Crippen molar-refractivity contribution in [2.24, 2.45) is 11.7 Å². The van der Waals surface area contributed by atoms with Crippen LogP contribution < -0.4 is 10.5 Å². The first-order valence-corrected chi connectivity index (χ1v) is 7.72. The van der Waals surface area contributed by atoms with Crippen molar-refractivity contribution < 1.29 is 8.42 Å². The summed E-state index contributed by atoms with van der Waals surface area (Å²) >= 11 is 0. The molecule has 8 heteroatoms. The number of hydrogen-bond donors (Lipinski definition) is 3. The Morgan fingerprint density at radius 1 is 1.53 bits per heavy atom. The van der Waals surface area contributed by atoms with Gasteiger partial charge in [0.25, 0.3) is 0 Å². The van der Waals surface area contributed by atoms with Crippen LogP contribution in [0.4, 0.5) is 0 Å². The number of halogens is 1. The van der Waals surface area contributed by atoms with Gasteiger partial charge in [0.15, 0.2) is 0 Å². The lowest BCUT2D eigenvalue weighted by Gasteiger charge is -2.26. The van der Waals surface area contributed by atoms with E-state index in [0.29, 0.717) is 18.2 Å². The lowest BCUT2D eigenvalue weighted by atomic mass is 9.86. The van der Waals surface area contributed by atoms with Gasteiger partial charge in [0.05, 0.1) is 11.9 Å². The van der Waals surface area contributed by atoms with Crippen molar-refractivity contribution in [3.05, 3.63) is 11.9 Å².